The molecule has 7 heteroatoms. The van der Waals surface area contributed by atoms with Gasteiger partial charge in [-0.05, 0) is 67.7 Å². The average molecular weight is 374 g/mol. The van der Waals surface area contributed by atoms with Crippen LogP contribution in [0, 0.1) is 11.3 Å². The number of ether oxygens (including phenoxy) is 1. The van der Waals surface area contributed by atoms with E-state index in [1.165, 1.54) is 0 Å². The molecule has 0 atom stereocenters. The summed E-state index contributed by atoms with van der Waals surface area (Å²) in [5, 5.41) is 17.4. The molecule has 3 aromatic rings. The molecule has 0 saturated carbocycles. The maximum atomic E-state index is 9.57. The molecule has 0 aliphatic carbocycles. The number of aromatic nitrogens is 3. The zero-order chi connectivity index (χ0) is 19.5. The van der Waals surface area contributed by atoms with Crippen molar-refractivity contribution in [3.05, 3.63) is 53.9 Å². The number of nitrogens with zero attached hydrogens (tertiary/aromatic N) is 4. The van der Waals surface area contributed by atoms with Crippen LogP contribution in [0.15, 0.2) is 42.7 Å². The molecule has 1 fully saturated rings. The Kier molecular flexibility index (Phi) is 4.96. The van der Waals surface area contributed by atoms with Gasteiger partial charge in [0.1, 0.15) is 17.6 Å². The first-order valence-corrected chi connectivity index (χ1v) is 9.30. The van der Waals surface area contributed by atoms with E-state index in [1.54, 1.807) is 18.0 Å². The van der Waals surface area contributed by atoms with Crippen LogP contribution in [-0.4, -0.2) is 35.0 Å². The third-order valence-electron chi connectivity index (χ3n) is 5.18. The minimum absolute atomic E-state index is 0.283. The van der Waals surface area contributed by atoms with Crippen molar-refractivity contribution in [3.63, 3.8) is 0 Å². The zero-order valence-electron chi connectivity index (χ0n) is 15.7. The van der Waals surface area contributed by atoms with Crippen LogP contribution in [0.3, 0.4) is 0 Å². The van der Waals surface area contributed by atoms with E-state index in [1.807, 2.05) is 36.5 Å². The average Bonchev–Trinajstić information content (AvgIpc) is 3.24. The van der Waals surface area contributed by atoms with E-state index in [2.05, 4.69) is 21.5 Å². The lowest BCUT2D eigenvalue weighted by molar-refractivity contribution is 0.414. The van der Waals surface area contributed by atoms with Gasteiger partial charge in [0, 0.05) is 11.8 Å². The Morgan fingerprint density at radius 3 is 2.68 bits per heavy atom. The van der Waals surface area contributed by atoms with Gasteiger partial charge in [0.2, 0.25) is 0 Å². The van der Waals surface area contributed by atoms with Gasteiger partial charge in [-0.25, -0.2) is 9.67 Å². The van der Waals surface area contributed by atoms with E-state index in [0.717, 1.165) is 54.2 Å². The summed E-state index contributed by atoms with van der Waals surface area (Å²) in [6.07, 6.45) is 5.66. The van der Waals surface area contributed by atoms with Crippen molar-refractivity contribution >= 4 is 5.82 Å². The van der Waals surface area contributed by atoms with Gasteiger partial charge >= 0.3 is 0 Å². The highest BCUT2D eigenvalue weighted by atomic mass is 16.5. The van der Waals surface area contributed by atoms with Gasteiger partial charge in [0.05, 0.1) is 30.3 Å². The monoisotopic (exact) mass is 374 g/mol. The van der Waals surface area contributed by atoms with Crippen molar-refractivity contribution in [2.75, 3.05) is 25.9 Å². The Labute approximate surface area is 163 Å². The molecule has 1 aliphatic heterocycles. The number of hydrogen-bond donors (Lipinski definition) is 2. The largest absolute Gasteiger partial charge is 0.497 e. The van der Waals surface area contributed by atoms with Crippen molar-refractivity contribution < 1.29 is 4.74 Å². The summed E-state index contributed by atoms with van der Waals surface area (Å²) in [4.78, 5) is 4.47. The van der Waals surface area contributed by atoms with Gasteiger partial charge in [-0.3, -0.25) is 0 Å². The second-order valence-corrected chi connectivity index (χ2v) is 6.86. The maximum absolute atomic E-state index is 9.57. The zero-order valence-corrected chi connectivity index (χ0v) is 15.7. The molecule has 3 heterocycles. The fraction of sp³-hybridized carbons (Fsp3) is 0.286. The SMILES string of the molecule is COc1ccc(-n2cc(-c3cc(C4CCNCC4)c(C#N)c(N)n3)cn2)cc1. The number of nitriles is 1. The molecule has 7 nitrogen and oxygen atoms in total. The van der Waals surface area contributed by atoms with E-state index in [9.17, 15) is 5.26 Å². The minimum atomic E-state index is 0.283. The number of nitrogens with two attached hydrogens (primary N) is 1. The molecule has 28 heavy (non-hydrogen) atoms. The second kappa shape index (κ2) is 7.71. The van der Waals surface area contributed by atoms with Crippen LogP contribution in [0.4, 0.5) is 5.82 Å². The van der Waals surface area contributed by atoms with E-state index >= 15 is 0 Å². The van der Waals surface area contributed by atoms with Gasteiger partial charge < -0.3 is 15.8 Å². The Hall–Kier alpha value is -3.37. The fourth-order valence-electron chi connectivity index (χ4n) is 3.64. The van der Waals surface area contributed by atoms with Gasteiger partial charge in [-0.1, -0.05) is 0 Å². The van der Waals surface area contributed by atoms with Crippen molar-refractivity contribution in [2.24, 2.45) is 0 Å². The number of pyridine rings is 1. The summed E-state index contributed by atoms with van der Waals surface area (Å²) in [7, 11) is 1.64. The highest BCUT2D eigenvalue weighted by molar-refractivity contribution is 5.66. The summed E-state index contributed by atoms with van der Waals surface area (Å²) < 4.78 is 6.99. The number of benzene rings is 1. The van der Waals surface area contributed by atoms with Gasteiger partial charge in [-0.15, -0.1) is 0 Å². The first-order valence-electron chi connectivity index (χ1n) is 9.30. The molecule has 0 radical (unpaired) electrons. The number of rotatable bonds is 4. The van der Waals surface area contributed by atoms with Crippen LogP contribution >= 0.6 is 0 Å². The summed E-state index contributed by atoms with van der Waals surface area (Å²) >= 11 is 0. The molecule has 1 saturated heterocycles. The predicted molar refractivity (Wildman–Crippen MR) is 107 cm³/mol. The number of nitrogen functional groups attached to an aromatic ring is 1. The molecule has 1 aliphatic rings. The van der Waals surface area contributed by atoms with Crippen molar-refractivity contribution in [2.45, 2.75) is 18.8 Å². The lowest BCUT2D eigenvalue weighted by Crippen LogP contribution is -2.27. The Morgan fingerprint density at radius 2 is 2.00 bits per heavy atom. The number of nitrogens with one attached hydrogen (secondary N) is 1. The van der Waals surface area contributed by atoms with Crippen molar-refractivity contribution in [3.8, 4) is 28.8 Å². The Balaban J connectivity index is 1.70. The number of hydrogen-bond acceptors (Lipinski definition) is 6. The van der Waals surface area contributed by atoms with Crippen LogP contribution in [0.5, 0.6) is 5.75 Å². The predicted octanol–water partition coefficient (Wildman–Crippen LogP) is 2.86. The van der Waals surface area contributed by atoms with Crippen molar-refractivity contribution in [1.29, 1.82) is 5.26 Å². The standard InChI is InChI=1S/C21H22N6O/c1-28-17-4-2-16(3-5-17)27-13-15(12-25-27)20-10-18(14-6-8-24-9-7-14)19(11-22)21(23)26-20/h2-5,10,12-14,24H,6-9H2,1H3,(H2,23,26). The number of piperidine rings is 1. The number of methoxy groups -OCH3 is 1. The quantitative estimate of drug-likeness (QED) is 0.728. The molecule has 4 rings (SSSR count). The van der Waals surface area contributed by atoms with Gasteiger partial charge in [-0.2, -0.15) is 10.4 Å². The highest BCUT2D eigenvalue weighted by Crippen LogP contribution is 2.33. The molecule has 2 aromatic heterocycles. The highest BCUT2D eigenvalue weighted by Gasteiger charge is 2.22. The Morgan fingerprint density at radius 1 is 1.25 bits per heavy atom. The molecular formula is C21H22N6O. The topological polar surface area (TPSA) is 102 Å². The lowest BCUT2D eigenvalue weighted by Gasteiger charge is -2.24. The number of anilines is 1. The minimum Gasteiger partial charge on any atom is -0.497 e. The van der Waals surface area contributed by atoms with Crippen LogP contribution in [0.2, 0.25) is 0 Å². The molecular weight excluding hydrogens is 352 g/mol. The molecule has 0 unspecified atom stereocenters. The Bertz CT molecular complexity index is 1010. The third-order valence-corrected chi connectivity index (χ3v) is 5.18. The van der Waals surface area contributed by atoms with Crippen LogP contribution in [0.25, 0.3) is 16.9 Å². The van der Waals surface area contributed by atoms with Gasteiger partial charge in [0.25, 0.3) is 0 Å². The van der Waals surface area contributed by atoms with E-state index in [4.69, 9.17) is 10.5 Å². The van der Waals surface area contributed by atoms with E-state index in [-0.39, 0.29) is 5.82 Å². The second-order valence-electron chi connectivity index (χ2n) is 6.86. The molecule has 3 N–H and O–H groups in total. The molecule has 0 amide bonds. The fourth-order valence-corrected chi connectivity index (χ4v) is 3.64. The lowest BCUT2D eigenvalue weighted by atomic mass is 9.87. The molecule has 0 bridgehead atoms. The van der Waals surface area contributed by atoms with E-state index in [0.29, 0.717) is 11.5 Å². The third kappa shape index (κ3) is 3.42. The first kappa shape index (κ1) is 18.0. The maximum Gasteiger partial charge on any atom is 0.142 e. The molecule has 0 spiro atoms. The van der Waals surface area contributed by atoms with E-state index < -0.39 is 0 Å². The smallest absolute Gasteiger partial charge is 0.142 e. The van der Waals surface area contributed by atoms with Crippen molar-refractivity contribution in [1.82, 2.24) is 20.1 Å². The molecule has 142 valence electrons. The van der Waals surface area contributed by atoms with Crippen LogP contribution < -0.4 is 15.8 Å². The summed E-state index contributed by atoms with van der Waals surface area (Å²) in [5.41, 5.74) is 10.2. The first-order chi connectivity index (χ1) is 13.7. The summed E-state index contributed by atoms with van der Waals surface area (Å²) in [6.45, 7) is 1.89. The normalized spacial score (nSPS) is 14.6. The van der Waals surface area contributed by atoms with Crippen LogP contribution in [0.1, 0.15) is 29.9 Å². The summed E-state index contributed by atoms with van der Waals surface area (Å²) in [6, 6.07) is 11.9. The molecule has 1 aromatic carbocycles. The summed E-state index contributed by atoms with van der Waals surface area (Å²) in [5.74, 6) is 1.39. The van der Waals surface area contributed by atoms with Crippen LogP contribution in [-0.2, 0) is 0 Å². The van der Waals surface area contributed by atoms with Gasteiger partial charge in [0.15, 0.2) is 0 Å².